The number of amides is 1. The van der Waals surface area contributed by atoms with Crippen LogP contribution in [0.3, 0.4) is 0 Å². The fraction of sp³-hybridized carbons (Fsp3) is 0.588. The summed E-state index contributed by atoms with van der Waals surface area (Å²) >= 11 is 0. The van der Waals surface area contributed by atoms with Gasteiger partial charge in [-0.25, -0.2) is 4.39 Å². The third-order valence-electron chi connectivity index (χ3n) is 4.95. The van der Waals surface area contributed by atoms with Crippen molar-refractivity contribution in [3.8, 4) is 0 Å². The van der Waals surface area contributed by atoms with Crippen molar-refractivity contribution in [2.75, 3.05) is 11.4 Å². The second kappa shape index (κ2) is 6.55. The van der Waals surface area contributed by atoms with E-state index in [-0.39, 0.29) is 35.6 Å². The predicted octanol–water partition coefficient (Wildman–Crippen LogP) is 3.53. The summed E-state index contributed by atoms with van der Waals surface area (Å²) in [6, 6.07) is 5.13. The van der Waals surface area contributed by atoms with Gasteiger partial charge in [0.05, 0.1) is 5.69 Å². The second-order valence-electron chi connectivity index (χ2n) is 6.62. The lowest BCUT2D eigenvalue weighted by molar-refractivity contribution is -0.118. The van der Waals surface area contributed by atoms with Gasteiger partial charge in [0, 0.05) is 30.0 Å². The molecule has 0 aromatic heterocycles. The summed E-state index contributed by atoms with van der Waals surface area (Å²) in [6.07, 6.45) is 5.32. The van der Waals surface area contributed by atoms with Crippen molar-refractivity contribution in [1.82, 2.24) is 0 Å². The molecule has 1 spiro atoms. The number of nitrogens with two attached hydrogens (primary N) is 1. The highest BCUT2D eigenvalue weighted by atomic mass is 35.5. The molecule has 22 heavy (non-hydrogen) atoms. The van der Waals surface area contributed by atoms with E-state index in [0.717, 1.165) is 36.9 Å². The Bertz CT molecular complexity index is 556. The monoisotopic (exact) mass is 326 g/mol. The average Bonchev–Trinajstić information content (AvgIpc) is 3.04. The maximum atomic E-state index is 14.4. The van der Waals surface area contributed by atoms with Gasteiger partial charge in [-0.1, -0.05) is 18.9 Å². The molecule has 2 N–H and O–H groups in total. The first-order valence-corrected chi connectivity index (χ1v) is 7.88. The van der Waals surface area contributed by atoms with Gasteiger partial charge >= 0.3 is 0 Å². The molecule has 1 amide bonds. The van der Waals surface area contributed by atoms with Crippen LogP contribution >= 0.6 is 12.4 Å². The fourth-order valence-electron chi connectivity index (χ4n) is 3.90. The molecule has 0 radical (unpaired) electrons. The lowest BCUT2D eigenvalue weighted by Crippen LogP contribution is -2.36. The van der Waals surface area contributed by atoms with Crippen LogP contribution in [0.4, 0.5) is 10.1 Å². The van der Waals surface area contributed by atoms with Crippen molar-refractivity contribution in [2.24, 2.45) is 5.73 Å². The SMILES string of the molecule is CC(N)CCC(=O)N1CC2(CCCC2)c2c(F)cccc21.Cl. The third kappa shape index (κ3) is 2.86. The molecule has 0 bridgehead atoms. The Labute approximate surface area is 137 Å². The summed E-state index contributed by atoms with van der Waals surface area (Å²) in [4.78, 5) is 14.3. The molecule has 1 atom stereocenters. The minimum absolute atomic E-state index is 0. The van der Waals surface area contributed by atoms with Crippen molar-refractivity contribution in [2.45, 2.75) is 56.9 Å². The van der Waals surface area contributed by atoms with E-state index in [0.29, 0.717) is 19.4 Å². The lowest BCUT2D eigenvalue weighted by atomic mass is 9.80. The minimum atomic E-state index is -0.156. The van der Waals surface area contributed by atoms with Gasteiger partial charge in [0.1, 0.15) is 5.82 Å². The average molecular weight is 327 g/mol. The summed E-state index contributed by atoms with van der Waals surface area (Å²) in [5.41, 5.74) is 7.15. The normalized spacial score (nSPS) is 19.9. The third-order valence-corrected chi connectivity index (χ3v) is 4.95. The number of fused-ring (bicyclic) bond motifs is 2. The number of rotatable bonds is 3. The number of halogens is 2. The van der Waals surface area contributed by atoms with Crippen LogP contribution in [0.2, 0.25) is 0 Å². The smallest absolute Gasteiger partial charge is 0.227 e. The van der Waals surface area contributed by atoms with Gasteiger partial charge in [-0.3, -0.25) is 4.79 Å². The number of carbonyl (C=O) groups is 1. The number of anilines is 1. The van der Waals surface area contributed by atoms with Gasteiger partial charge in [-0.15, -0.1) is 12.4 Å². The van der Waals surface area contributed by atoms with E-state index in [1.54, 1.807) is 11.0 Å². The van der Waals surface area contributed by atoms with E-state index in [2.05, 4.69) is 0 Å². The first kappa shape index (κ1) is 17.2. The van der Waals surface area contributed by atoms with Gasteiger partial charge in [0.2, 0.25) is 5.91 Å². The lowest BCUT2D eigenvalue weighted by Gasteiger charge is -2.25. The Balaban J connectivity index is 0.00000176. The van der Waals surface area contributed by atoms with Gasteiger partial charge in [-0.05, 0) is 38.3 Å². The van der Waals surface area contributed by atoms with Gasteiger partial charge in [0.15, 0.2) is 0 Å². The molecule has 122 valence electrons. The first-order valence-electron chi connectivity index (χ1n) is 7.88. The van der Waals surface area contributed by atoms with E-state index in [4.69, 9.17) is 5.73 Å². The van der Waals surface area contributed by atoms with E-state index in [1.807, 2.05) is 13.0 Å². The molecule has 1 heterocycles. The van der Waals surface area contributed by atoms with Crippen molar-refractivity contribution in [1.29, 1.82) is 0 Å². The number of benzene rings is 1. The number of hydrogen-bond donors (Lipinski definition) is 1. The molecule has 3 rings (SSSR count). The molecule has 1 saturated carbocycles. The maximum absolute atomic E-state index is 14.4. The van der Waals surface area contributed by atoms with Crippen molar-refractivity contribution >= 4 is 24.0 Å². The zero-order chi connectivity index (χ0) is 15.0. The van der Waals surface area contributed by atoms with Crippen LogP contribution in [0.25, 0.3) is 0 Å². The molecule has 2 aliphatic rings. The summed E-state index contributed by atoms with van der Waals surface area (Å²) in [5.74, 6) is -0.0835. The molecule has 1 aromatic rings. The van der Waals surface area contributed by atoms with E-state index in [9.17, 15) is 9.18 Å². The van der Waals surface area contributed by atoms with Gasteiger partial charge in [-0.2, -0.15) is 0 Å². The predicted molar refractivity (Wildman–Crippen MR) is 89.0 cm³/mol. The highest BCUT2D eigenvalue weighted by Gasteiger charge is 2.47. The Morgan fingerprint density at radius 3 is 2.73 bits per heavy atom. The maximum Gasteiger partial charge on any atom is 0.227 e. The Morgan fingerprint density at radius 1 is 1.41 bits per heavy atom. The molecule has 1 unspecified atom stereocenters. The number of nitrogens with zero attached hydrogens (tertiary/aromatic N) is 1. The molecule has 3 nitrogen and oxygen atoms in total. The molecular weight excluding hydrogens is 303 g/mol. The second-order valence-corrected chi connectivity index (χ2v) is 6.62. The zero-order valence-electron chi connectivity index (χ0n) is 13.0. The Morgan fingerprint density at radius 2 is 2.09 bits per heavy atom. The molecule has 1 aliphatic heterocycles. The van der Waals surface area contributed by atoms with E-state index >= 15 is 0 Å². The highest BCUT2D eigenvalue weighted by Crippen LogP contribution is 2.51. The van der Waals surface area contributed by atoms with Crippen LogP contribution in [-0.2, 0) is 10.2 Å². The topological polar surface area (TPSA) is 46.3 Å². The van der Waals surface area contributed by atoms with Crippen molar-refractivity contribution < 1.29 is 9.18 Å². The van der Waals surface area contributed by atoms with Crippen molar-refractivity contribution in [3.05, 3.63) is 29.6 Å². The highest BCUT2D eigenvalue weighted by molar-refractivity contribution is 5.96. The van der Waals surface area contributed by atoms with Crippen LogP contribution < -0.4 is 10.6 Å². The van der Waals surface area contributed by atoms with Crippen LogP contribution in [0.5, 0.6) is 0 Å². The van der Waals surface area contributed by atoms with Crippen LogP contribution in [-0.4, -0.2) is 18.5 Å². The first-order chi connectivity index (χ1) is 10.0. The van der Waals surface area contributed by atoms with Crippen LogP contribution in [0, 0.1) is 5.82 Å². The van der Waals surface area contributed by atoms with Gasteiger partial charge < -0.3 is 10.6 Å². The molecule has 1 fully saturated rings. The Hall–Kier alpha value is -1.13. The largest absolute Gasteiger partial charge is 0.328 e. The summed E-state index contributed by atoms with van der Waals surface area (Å²) < 4.78 is 14.4. The van der Waals surface area contributed by atoms with Crippen LogP contribution in [0.1, 0.15) is 51.0 Å². The van der Waals surface area contributed by atoms with Gasteiger partial charge in [0.25, 0.3) is 0 Å². The quantitative estimate of drug-likeness (QED) is 0.923. The van der Waals surface area contributed by atoms with E-state index < -0.39 is 0 Å². The summed E-state index contributed by atoms with van der Waals surface area (Å²) in [5, 5.41) is 0. The molecule has 0 saturated heterocycles. The summed E-state index contributed by atoms with van der Waals surface area (Å²) in [6.45, 7) is 2.55. The van der Waals surface area contributed by atoms with Crippen LogP contribution in [0.15, 0.2) is 18.2 Å². The number of hydrogen-bond acceptors (Lipinski definition) is 2. The molecule has 1 aliphatic carbocycles. The summed E-state index contributed by atoms with van der Waals surface area (Å²) in [7, 11) is 0. The molecule has 5 heteroatoms. The minimum Gasteiger partial charge on any atom is -0.328 e. The molecule has 1 aromatic carbocycles. The zero-order valence-corrected chi connectivity index (χ0v) is 13.8. The number of carbonyl (C=O) groups excluding carboxylic acids is 1. The molecular formula is C17H24ClFN2O. The fourth-order valence-corrected chi connectivity index (χ4v) is 3.90. The van der Waals surface area contributed by atoms with Crippen molar-refractivity contribution in [3.63, 3.8) is 0 Å². The Kier molecular flexibility index (Phi) is 5.13. The standard InChI is InChI=1S/C17H23FN2O.ClH/c1-12(19)7-8-15(21)20-11-17(9-2-3-10-17)16-13(18)5-4-6-14(16)20;/h4-6,12H,2-3,7-11,19H2,1H3;1H. The van der Waals surface area contributed by atoms with E-state index in [1.165, 1.54) is 6.07 Å².